The van der Waals surface area contributed by atoms with Crippen LogP contribution in [0.25, 0.3) is 5.69 Å². The highest BCUT2D eigenvalue weighted by Crippen LogP contribution is 2.31. The maximum atomic E-state index is 12.9. The molecule has 2 aliphatic heterocycles. The molecule has 35 heavy (non-hydrogen) atoms. The first-order valence-electron chi connectivity index (χ1n) is 11.4. The zero-order valence-electron chi connectivity index (χ0n) is 19.0. The smallest absolute Gasteiger partial charge is 0.292 e. The first-order chi connectivity index (χ1) is 17.0. The topological polar surface area (TPSA) is 88.0 Å². The highest BCUT2D eigenvalue weighted by Gasteiger charge is 2.28. The fraction of sp³-hybridized carbons (Fsp3) is 0.280. The van der Waals surface area contributed by atoms with Gasteiger partial charge in [0.2, 0.25) is 5.91 Å². The van der Waals surface area contributed by atoms with Gasteiger partial charge in [0.25, 0.3) is 11.5 Å². The van der Waals surface area contributed by atoms with E-state index in [0.29, 0.717) is 55.5 Å². The van der Waals surface area contributed by atoms with Gasteiger partial charge in [-0.15, -0.1) is 0 Å². The Morgan fingerprint density at radius 1 is 0.943 bits per heavy atom. The summed E-state index contributed by atoms with van der Waals surface area (Å²) in [5.41, 5.74) is 1.51. The average Bonchev–Trinajstić information content (AvgIpc) is 2.90. The number of benzene rings is 2. The van der Waals surface area contributed by atoms with Crippen molar-refractivity contribution in [2.24, 2.45) is 0 Å². The van der Waals surface area contributed by atoms with Crippen molar-refractivity contribution in [3.8, 4) is 11.4 Å². The number of hydrogen-bond acceptors (Lipinski definition) is 6. The number of amides is 2. The van der Waals surface area contributed by atoms with Crippen molar-refractivity contribution in [3.05, 3.63) is 76.2 Å². The fourth-order valence-corrected chi connectivity index (χ4v) is 4.61. The molecular weight excluding hydrogens is 470 g/mol. The number of carbonyl (C=O) groups excluding carboxylic acids is 2. The van der Waals surface area contributed by atoms with Gasteiger partial charge in [-0.25, -0.2) is 0 Å². The Balaban J connectivity index is 1.20. The van der Waals surface area contributed by atoms with Gasteiger partial charge in [0, 0.05) is 39.1 Å². The van der Waals surface area contributed by atoms with Gasteiger partial charge < -0.3 is 19.4 Å². The van der Waals surface area contributed by atoms with Crippen LogP contribution in [0.5, 0.6) is 5.75 Å². The highest BCUT2D eigenvalue weighted by atomic mass is 35.5. The van der Waals surface area contributed by atoms with Crippen LogP contribution in [0.15, 0.2) is 65.6 Å². The molecule has 10 heteroatoms. The maximum Gasteiger partial charge on any atom is 0.292 e. The van der Waals surface area contributed by atoms with E-state index in [2.05, 4.69) is 5.10 Å². The Morgan fingerprint density at radius 3 is 2.43 bits per heavy atom. The van der Waals surface area contributed by atoms with Gasteiger partial charge in [-0.3, -0.25) is 14.4 Å². The van der Waals surface area contributed by atoms with E-state index < -0.39 is 0 Å². The zero-order chi connectivity index (χ0) is 24.4. The first kappa shape index (κ1) is 22.9. The van der Waals surface area contributed by atoms with Gasteiger partial charge in [0.05, 0.1) is 23.3 Å². The summed E-state index contributed by atoms with van der Waals surface area (Å²) >= 11 is 6.43. The summed E-state index contributed by atoms with van der Waals surface area (Å²) in [6.45, 7) is 2.31. The number of para-hydroxylation sites is 3. The molecule has 0 N–H and O–H groups in total. The van der Waals surface area contributed by atoms with Crippen molar-refractivity contribution in [1.82, 2.24) is 14.7 Å². The summed E-state index contributed by atoms with van der Waals surface area (Å²) in [6.07, 6.45) is 1.81. The van der Waals surface area contributed by atoms with E-state index in [1.54, 1.807) is 28.1 Å². The summed E-state index contributed by atoms with van der Waals surface area (Å²) in [7, 11) is 0. The molecule has 2 amide bonds. The Labute approximate surface area is 207 Å². The molecule has 2 aliphatic rings. The van der Waals surface area contributed by atoms with Crippen LogP contribution in [0.2, 0.25) is 5.02 Å². The Kier molecular flexibility index (Phi) is 6.41. The van der Waals surface area contributed by atoms with E-state index in [4.69, 9.17) is 16.3 Å². The fourth-order valence-electron chi connectivity index (χ4n) is 4.36. The Bertz CT molecular complexity index is 1300. The molecule has 0 radical (unpaired) electrons. The third-order valence-corrected chi connectivity index (χ3v) is 6.59. The minimum Gasteiger partial charge on any atom is -0.482 e. The van der Waals surface area contributed by atoms with Gasteiger partial charge in [-0.1, -0.05) is 41.9 Å². The van der Waals surface area contributed by atoms with Gasteiger partial charge in [-0.2, -0.15) is 9.78 Å². The number of carbonyl (C=O) groups is 2. The summed E-state index contributed by atoms with van der Waals surface area (Å²) in [6, 6.07) is 16.4. The molecule has 0 bridgehead atoms. The third kappa shape index (κ3) is 4.59. The molecule has 0 spiro atoms. The number of anilines is 2. The summed E-state index contributed by atoms with van der Waals surface area (Å²) in [4.78, 5) is 43.4. The molecule has 180 valence electrons. The van der Waals surface area contributed by atoms with Crippen LogP contribution in [-0.2, 0) is 9.59 Å². The second kappa shape index (κ2) is 9.79. The lowest BCUT2D eigenvalue weighted by atomic mass is 10.2. The number of ether oxygens (including phenoxy) is 1. The van der Waals surface area contributed by atoms with Crippen LogP contribution in [0.3, 0.4) is 0 Å². The third-order valence-electron chi connectivity index (χ3n) is 6.23. The van der Waals surface area contributed by atoms with Crippen molar-refractivity contribution in [3.63, 3.8) is 0 Å². The molecular formula is C25H24ClN5O4. The van der Waals surface area contributed by atoms with Crippen molar-refractivity contribution in [1.29, 1.82) is 0 Å². The lowest BCUT2D eigenvalue weighted by Crippen LogP contribution is -2.50. The van der Waals surface area contributed by atoms with Gasteiger partial charge in [-0.05, 0) is 24.3 Å². The highest BCUT2D eigenvalue weighted by molar-refractivity contribution is 6.33. The molecule has 3 heterocycles. The van der Waals surface area contributed by atoms with Crippen molar-refractivity contribution in [2.75, 3.05) is 49.1 Å². The van der Waals surface area contributed by atoms with Gasteiger partial charge in [0.15, 0.2) is 6.61 Å². The van der Waals surface area contributed by atoms with E-state index in [1.807, 2.05) is 47.4 Å². The lowest BCUT2D eigenvalue weighted by Gasteiger charge is -2.36. The second-order valence-corrected chi connectivity index (χ2v) is 8.69. The second-order valence-electron chi connectivity index (χ2n) is 8.32. The number of piperazine rings is 1. The quantitative estimate of drug-likeness (QED) is 0.542. The Hall–Kier alpha value is -3.85. The van der Waals surface area contributed by atoms with Crippen LogP contribution in [0.4, 0.5) is 11.4 Å². The van der Waals surface area contributed by atoms with E-state index in [9.17, 15) is 14.4 Å². The molecule has 0 saturated carbocycles. The monoisotopic (exact) mass is 493 g/mol. The SMILES string of the molecule is O=C(CCN1C(=O)COc2ccccc21)N1CCN(c2cnn(-c3ccccc3)c(=O)c2Cl)CC1. The minimum absolute atomic E-state index is 0.0230. The molecule has 0 unspecified atom stereocenters. The maximum absolute atomic E-state index is 12.9. The minimum atomic E-state index is -0.385. The molecule has 3 aromatic rings. The largest absolute Gasteiger partial charge is 0.482 e. The molecule has 1 fully saturated rings. The number of rotatable bonds is 5. The van der Waals surface area contributed by atoms with Gasteiger partial charge >= 0.3 is 0 Å². The molecule has 2 aromatic carbocycles. The Morgan fingerprint density at radius 2 is 1.66 bits per heavy atom. The standard InChI is InChI=1S/C25H24ClN5O4/c26-24-20(16-27-31(25(24)34)18-6-2-1-3-7-18)28-12-14-29(15-13-28)22(32)10-11-30-19-8-4-5-9-21(19)35-17-23(30)33/h1-9,16H,10-15,17H2. The molecule has 0 atom stereocenters. The van der Waals surface area contributed by atoms with E-state index in [0.717, 1.165) is 0 Å². The normalized spacial score (nSPS) is 15.6. The lowest BCUT2D eigenvalue weighted by molar-refractivity contribution is -0.131. The molecule has 1 saturated heterocycles. The average molecular weight is 494 g/mol. The number of halogens is 1. The number of fused-ring (bicyclic) bond motifs is 1. The summed E-state index contributed by atoms with van der Waals surface area (Å²) < 4.78 is 6.74. The van der Waals surface area contributed by atoms with Crippen LogP contribution in [-0.4, -0.2) is 65.8 Å². The predicted octanol–water partition coefficient (Wildman–Crippen LogP) is 2.35. The van der Waals surface area contributed by atoms with Crippen LogP contribution < -0.4 is 20.1 Å². The van der Waals surface area contributed by atoms with Crippen LogP contribution in [0, 0.1) is 0 Å². The summed E-state index contributed by atoms with van der Waals surface area (Å²) in [5, 5.41) is 4.40. The summed E-state index contributed by atoms with van der Waals surface area (Å²) in [5.74, 6) is 0.465. The van der Waals surface area contributed by atoms with E-state index in [1.165, 1.54) is 4.68 Å². The van der Waals surface area contributed by atoms with Crippen molar-refractivity contribution < 1.29 is 14.3 Å². The van der Waals surface area contributed by atoms with E-state index in [-0.39, 0.29) is 35.4 Å². The van der Waals surface area contributed by atoms with Crippen molar-refractivity contribution >= 4 is 34.8 Å². The zero-order valence-corrected chi connectivity index (χ0v) is 19.7. The first-order valence-corrected chi connectivity index (χ1v) is 11.8. The van der Waals surface area contributed by atoms with Crippen LogP contribution in [0.1, 0.15) is 6.42 Å². The number of aromatic nitrogens is 2. The predicted molar refractivity (Wildman–Crippen MR) is 133 cm³/mol. The molecule has 1 aromatic heterocycles. The van der Waals surface area contributed by atoms with Crippen LogP contribution >= 0.6 is 11.6 Å². The molecule has 9 nitrogen and oxygen atoms in total. The van der Waals surface area contributed by atoms with Crippen molar-refractivity contribution in [2.45, 2.75) is 6.42 Å². The van der Waals surface area contributed by atoms with E-state index >= 15 is 0 Å². The molecule has 0 aliphatic carbocycles. The molecule has 5 rings (SSSR count). The number of nitrogens with zero attached hydrogens (tertiary/aromatic N) is 5. The number of hydrogen-bond donors (Lipinski definition) is 0. The van der Waals surface area contributed by atoms with Gasteiger partial charge in [0.1, 0.15) is 10.8 Å².